The summed E-state index contributed by atoms with van der Waals surface area (Å²) in [5.41, 5.74) is 0.565. The minimum atomic E-state index is -1.19. The van der Waals surface area contributed by atoms with Gasteiger partial charge in [0, 0.05) is 11.7 Å². The van der Waals surface area contributed by atoms with Crippen LogP contribution in [0.4, 0.5) is 10.1 Å². The molecule has 0 aliphatic heterocycles. The molecular weight excluding hydrogens is 441 g/mol. The number of rotatable bonds is 8. The molecule has 8 nitrogen and oxygen atoms in total. The summed E-state index contributed by atoms with van der Waals surface area (Å²) in [6.45, 7) is 1.16. The Morgan fingerprint density at radius 3 is 2.47 bits per heavy atom. The second kappa shape index (κ2) is 10.4. The molecule has 4 rings (SSSR count). The van der Waals surface area contributed by atoms with Crippen molar-refractivity contribution in [1.29, 1.82) is 0 Å². The fourth-order valence-corrected chi connectivity index (χ4v) is 4.08. The van der Waals surface area contributed by atoms with Crippen molar-refractivity contribution in [3.05, 3.63) is 77.9 Å². The van der Waals surface area contributed by atoms with Gasteiger partial charge in [0.05, 0.1) is 19.1 Å². The van der Waals surface area contributed by atoms with E-state index >= 15 is 0 Å². The SMILES string of the molecule is Cc1ccc(N(C(=O)CNC(=O)c2ccco2)[C@@H](C(=O)NC2CCCC2)c2ccco2)cc1F. The van der Waals surface area contributed by atoms with Gasteiger partial charge in [-0.05, 0) is 61.7 Å². The lowest BCUT2D eigenvalue weighted by Gasteiger charge is -2.31. The van der Waals surface area contributed by atoms with Crippen molar-refractivity contribution >= 4 is 23.4 Å². The summed E-state index contributed by atoms with van der Waals surface area (Å²) >= 11 is 0. The van der Waals surface area contributed by atoms with E-state index in [0.717, 1.165) is 30.6 Å². The molecule has 1 atom stereocenters. The van der Waals surface area contributed by atoms with Crippen LogP contribution in [0, 0.1) is 12.7 Å². The summed E-state index contributed by atoms with van der Waals surface area (Å²) in [5.74, 6) is -1.90. The van der Waals surface area contributed by atoms with Crippen LogP contribution in [0.15, 0.2) is 63.8 Å². The average Bonchev–Trinajstić information content (AvgIpc) is 3.61. The van der Waals surface area contributed by atoms with Gasteiger partial charge in [-0.2, -0.15) is 0 Å². The van der Waals surface area contributed by atoms with Gasteiger partial charge < -0.3 is 19.5 Å². The number of aryl methyl sites for hydroxylation is 1. The smallest absolute Gasteiger partial charge is 0.287 e. The maximum atomic E-state index is 14.5. The van der Waals surface area contributed by atoms with Crippen molar-refractivity contribution in [1.82, 2.24) is 10.6 Å². The van der Waals surface area contributed by atoms with E-state index in [9.17, 15) is 18.8 Å². The highest BCUT2D eigenvalue weighted by Gasteiger charge is 2.36. The van der Waals surface area contributed by atoms with E-state index in [1.165, 1.54) is 30.7 Å². The van der Waals surface area contributed by atoms with Crippen LogP contribution >= 0.6 is 0 Å². The molecule has 1 saturated carbocycles. The van der Waals surface area contributed by atoms with E-state index in [2.05, 4.69) is 10.6 Å². The van der Waals surface area contributed by atoms with Gasteiger partial charge in [0.25, 0.3) is 11.8 Å². The number of nitrogens with one attached hydrogen (secondary N) is 2. The Bertz CT molecular complexity index is 1140. The second-order valence-electron chi connectivity index (χ2n) is 8.27. The number of hydrogen-bond donors (Lipinski definition) is 2. The Hall–Kier alpha value is -3.88. The van der Waals surface area contributed by atoms with Crippen LogP contribution in [0.25, 0.3) is 0 Å². The Morgan fingerprint density at radius 2 is 1.82 bits per heavy atom. The summed E-state index contributed by atoms with van der Waals surface area (Å²) in [5, 5.41) is 5.49. The first kappa shape index (κ1) is 23.3. The number of carbonyl (C=O) groups excluding carboxylic acids is 3. The van der Waals surface area contributed by atoms with Gasteiger partial charge in [-0.25, -0.2) is 4.39 Å². The number of nitrogens with zero attached hydrogens (tertiary/aromatic N) is 1. The molecular formula is C25H26FN3O5. The molecule has 0 saturated heterocycles. The molecule has 1 aliphatic carbocycles. The predicted octanol–water partition coefficient (Wildman–Crippen LogP) is 3.88. The van der Waals surface area contributed by atoms with Crippen LogP contribution < -0.4 is 15.5 Å². The fraction of sp³-hybridized carbons (Fsp3) is 0.320. The summed E-state index contributed by atoms with van der Waals surface area (Å²) in [6, 6.07) is 9.31. The van der Waals surface area contributed by atoms with Gasteiger partial charge in [0.2, 0.25) is 5.91 Å². The standard InChI is InChI=1S/C25H26FN3O5/c1-16-10-11-18(14-19(16)26)29(22(30)15-27-24(31)21-9-5-13-34-21)23(20-8-4-12-33-20)25(32)28-17-6-2-3-7-17/h4-5,8-14,17,23H,2-3,6-7,15H2,1H3,(H,27,31)(H,28,32)/t23-/m1/s1. The van der Waals surface area contributed by atoms with Crippen molar-refractivity contribution < 1.29 is 27.6 Å². The zero-order valence-electron chi connectivity index (χ0n) is 18.8. The molecule has 2 aromatic heterocycles. The van der Waals surface area contributed by atoms with Gasteiger partial charge in [-0.3, -0.25) is 19.3 Å². The molecule has 0 unspecified atom stereocenters. The zero-order valence-corrected chi connectivity index (χ0v) is 18.8. The van der Waals surface area contributed by atoms with Gasteiger partial charge in [-0.15, -0.1) is 0 Å². The van der Waals surface area contributed by atoms with Crippen LogP contribution in [0.2, 0.25) is 0 Å². The van der Waals surface area contributed by atoms with Crippen LogP contribution in [0.3, 0.4) is 0 Å². The van der Waals surface area contributed by atoms with E-state index in [-0.39, 0.29) is 23.2 Å². The molecule has 2 N–H and O–H groups in total. The molecule has 0 bridgehead atoms. The van der Waals surface area contributed by atoms with Gasteiger partial charge in [-0.1, -0.05) is 18.9 Å². The number of carbonyl (C=O) groups is 3. The highest BCUT2D eigenvalue weighted by Crippen LogP contribution is 2.30. The lowest BCUT2D eigenvalue weighted by Crippen LogP contribution is -2.49. The number of hydrogen-bond acceptors (Lipinski definition) is 5. The molecule has 2 heterocycles. The summed E-state index contributed by atoms with van der Waals surface area (Å²) in [4.78, 5) is 40.3. The largest absolute Gasteiger partial charge is 0.467 e. The van der Waals surface area contributed by atoms with Crippen molar-refractivity contribution in [2.45, 2.75) is 44.7 Å². The monoisotopic (exact) mass is 467 g/mol. The molecule has 9 heteroatoms. The Balaban J connectivity index is 1.66. The highest BCUT2D eigenvalue weighted by atomic mass is 19.1. The molecule has 0 spiro atoms. The predicted molar refractivity (Wildman–Crippen MR) is 122 cm³/mol. The van der Waals surface area contributed by atoms with Gasteiger partial charge >= 0.3 is 0 Å². The topological polar surface area (TPSA) is 105 Å². The Kier molecular flexibility index (Phi) is 7.10. The quantitative estimate of drug-likeness (QED) is 0.523. The van der Waals surface area contributed by atoms with E-state index in [1.54, 1.807) is 31.2 Å². The molecule has 1 aliphatic rings. The first-order valence-electron chi connectivity index (χ1n) is 11.2. The maximum absolute atomic E-state index is 14.5. The molecule has 1 fully saturated rings. The first-order valence-corrected chi connectivity index (χ1v) is 11.2. The van der Waals surface area contributed by atoms with E-state index < -0.39 is 36.1 Å². The van der Waals surface area contributed by atoms with Crippen LogP contribution in [-0.4, -0.2) is 30.3 Å². The van der Waals surface area contributed by atoms with Crippen molar-refractivity contribution in [2.75, 3.05) is 11.4 Å². The molecule has 3 amide bonds. The third kappa shape index (κ3) is 5.19. The van der Waals surface area contributed by atoms with Crippen LogP contribution in [0.5, 0.6) is 0 Å². The summed E-state index contributed by atoms with van der Waals surface area (Å²) in [6.07, 6.45) is 6.48. The molecule has 1 aromatic carbocycles. The number of halogens is 1. The first-order chi connectivity index (χ1) is 16.4. The summed E-state index contributed by atoms with van der Waals surface area (Å²) < 4.78 is 25.1. The molecule has 0 radical (unpaired) electrons. The van der Waals surface area contributed by atoms with Crippen molar-refractivity contribution in [3.8, 4) is 0 Å². The van der Waals surface area contributed by atoms with Crippen molar-refractivity contribution in [2.24, 2.45) is 0 Å². The molecule has 178 valence electrons. The molecule has 3 aromatic rings. The number of furan rings is 2. The zero-order chi connectivity index (χ0) is 24.1. The molecule has 34 heavy (non-hydrogen) atoms. The average molecular weight is 467 g/mol. The third-order valence-electron chi connectivity index (χ3n) is 5.87. The van der Waals surface area contributed by atoms with Crippen LogP contribution in [-0.2, 0) is 9.59 Å². The normalized spacial score (nSPS) is 14.5. The fourth-order valence-electron chi connectivity index (χ4n) is 4.08. The van der Waals surface area contributed by atoms with Gasteiger partial charge in [0.1, 0.15) is 11.6 Å². The second-order valence-corrected chi connectivity index (χ2v) is 8.27. The van der Waals surface area contributed by atoms with Gasteiger partial charge in [0.15, 0.2) is 11.8 Å². The highest BCUT2D eigenvalue weighted by molar-refractivity contribution is 6.04. The third-order valence-corrected chi connectivity index (χ3v) is 5.87. The lowest BCUT2D eigenvalue weighted by atomic mass is 10.1. The van der Waals surface area contributed by atoms with Crippen LogP contribution in [0.1, 0.15) is 53.6 Å². The summed E-state index contributed by atoms with van der Waals surface area (Å²) in [7, 11) is 0. The Labute approximate surface area is 196 Å². The number of anilines is 1. The minimum absolute atomic E-state index is 0.00433. The Morgan fingerprint density at radius 1 is 1.09 bits per heavy atom. The minimum Gasteiger partial charge on any atom is -0.467 e. The van der Waals surface area contributed by atoms with E-state index in [4.69, 9.17) is 8.83 Å². The van der Waals surface area contributed by atoms with E-state index in [0.29, 0.717) is 5.56 Å². The number of amides is 3. The van der Waals surface area contributed by atoms with Crippen molar-refractivity contribution in [3.63, 3.8) is 0 Å². The number of benzene rings is 1. The lowest BCUT2D eigenvalue weighted by molar-refractivity contribution is -0.127. The van der Waals surface area contributed by atoms with E-state index in [1.807, 2.05) is 0 Å². The maximum Gasteiger partial charge on any atom is 0.287 e.